The normalized spacial score (nSPS) is 10.9. The molecule has 0 unspecified atom stereocenters. The maximum absolute atomic E-state index is 8.04. The number of thioether (sulfide) groups is 1. The van der Waals surface area contributed by atoms with Crippen LogP contribution in [0.5, 0.6) is 0 Å². The molecule has 3 heteroatoms. The van der Waals surface area contributed by atoms with E-state index in [1.165, 1.54) is 0 Å². The van der Waals surface area contributed by atoms with Gasteiger partial charge in [-0.25, -0.2) is 0 Å². The molecule has 0 aliphatic heterocycles. The summed E-state index contributed by atoms with van der Waals surface area (Å²) >= 11 is 6.50. The molecule has 0 aliphatic carbocycles. The van der Waals surface area contributed by atoms with Gasteiger partial charge in [0.05, 0.1) is 0 Å². The Hall–Kier alpha value is -0.130. The lowest BCUT2D eigenvalue weighted by atomic mass is 10.4. The molecule has 0 rings (SSSR count). The van der Waals surface area contributed by atoms with E-state index < -0.39 is 0 Å². The summed E-state index contributed by atoms with van der Waals surface area (Å²) in [6.07, 6.45) is 0. The number of halogens is 1. The highest BCUT2D eigenvalue weighted by molar-refractivity contribution is 8.06. The molecule has 0 N–H and O–H groups in total. The Balaban J connectivity index is 3.45. The fourth-order valence-electron chi connectivity index (χ4n) is 0.158. The van der Waals surface area contributed by atoms with Crippen molar-refractivity contribution < 1.29 is 0 Å². The quantitative estimate of drug-likeness (QED) is 0.442. The Morgan fingerprint density at radius 2 is 2.62 bits per heavy atom. The number of thiocyanates is 1. The van der Waals surface area contributed by atoms with Crippen molar-refractivity contribution in [2.45, 2.75) is 6.92 Å². The number of hydrogen-bond acceptors (Lipinski definition) is 2. The van der Waals surface area contributed by atoms with Crippen LogP contribution in [0.2, 0.25) is 0 Å². The third-order valence-electron chi connectivity index (χ3n) is 0.524. The lowest BCUT2D eigenvalue weighted by molar-refractivity contribution is 1.42. The molecule has 0 aromatic rings. The SMILES string of the molecule is C/C(=C\SC#N)CCl. The van der Waals surface area contributed by atoms with Gasteiger partial charge in [0.15, 0.2) is 0 Å². The van der Waals surface area contributed by atoms with E-state index in [1.807, 2.05) is 12.3 Å². The number of alkyl halides is 1. The zero-order valence-electron chi connectivity index (χ0n) is 4.52. The molecular formula is C5H6ClNS. The summed E-state index contributed by atoms with van der Waals surface area (Å²) in [7, 11) is 0. The van der Waals surface area contributed by atoms with Crippen molar-refractivity contribution in [3.05, 3.63) is 11.0 Å². The molecule has 0 aromatic carbocycles. The second-order valence-electron chi connectivity index (χ2n) is 1.31. The zero-order chi connectivity index (χ0) is 6.41. The molecule has 0 fully saturated rings. The molecular weight excluding hydrogens is 142 g/mol. The third-order valence-corrected chi connectivity index (χ3v) is 1.57. The van der Waals surface area contributed by atoms with Crippen molar-refractivity contribution in [2.75, 3.05) is 5.88 Å². The Morgan fingerprint density at radius 1 is 2.00 bits per heavy atom. The summed E-state index contributed by atoms with van der Waals surface area (Å²) in [5.41, 5.74) is 1.03. The summed E-state index contributed by atoms with van der Waals surface area (Å²) in [6, 6.07) is 0. The Bertz CT molecular complexity index is 125. The summed E-state index contributed by atoms with van der Waals surface area (Å²) in [5.74, 6) is 0.509. The van der Waals surface area contributed by atoms with E-state index in [4.69, 9.17) is 16.9 Å². The zero-order valence-corrected chi connectivity index (χ0v) is 6.09. The fraction of sp³-hybridized carbons (Fsp3) is 0.400. The molecule has 1 nitrogen and oxygen atoms in total. The number of hydrogen-bond donors (Lipinski definition) is 0. The average molecular weight is 148 g/mol. The van der Waals surface area contributed by atoms with Crippen molar-refractivity contribution in [1.82, 2.24) is 0 Å². The summed E-state index contributed by atoms with van der Waals surface area (Å²) in [5, 5.41) is 11.7. The van der Waals surface area contributed by atoms with E-state index in [1.54, 1.807) is 5.41 Å². The molecule has 44 valence electrons. The average Bonchev–Trinajstić information content (AvgIpc) is 1.83. The van der Waals surface area contributed by atoms with Crippen LogP contribution >= 0.6 is 23.4 Å². The van der Waals surface area contributed by atoms with E-state index >= 15 is 0 Å². The van der Waals surface area contributed by atoms with Crippen LogP contribution in [0, 0.1) is 10.7 Å². The topological polar surface area (TPSA) is 23.8 Å². The van der Waals surface area contributed by atoms with Gasteiger partial charge in [0.2, 0.25) is 0 Å². The van der Waals surface area contributed by atoms with E-state index in [9.17, 15) is 0 Å². The first-order chi connectivity index (χ1) is 3.81. The van der Waals surface area contributed by atoms with Crippen LogP contribution in [0.1, 0.15) is 6.92 Å². The van der Waals surface area contributed by atoms with Gasteiger partial charge < -0.3 is 0 Å². The summed E-state index contributed by atoms with van der Waals surface area (Å²) in [6.45, 7) is 1.89. The predicted octanol–water partition coefficient (Wildman–Crippen LogP) is 2.34. The molecule has 0 amide bonds. The minimum Gasteiger partial charge on any atom is -0.185 e. The Kier molecular flexibility index (Phi) is 4.93. The Morgan fingerprint density at radius 3 is 3.00 bits per heavy atom. The van der Waals surface area contributed by atoms with Gasteiger partial charge in [0.1, 0.15) is 5.40 Å². The van der Waals surface area contributed by atoms with Gasteiger partial charge in [-0.15, -0.1) is 11.6 Å². The van der Waals surface area contributed by atoms with Crippen molar-refractivity contribution in [3.8, 4) is 5.40 Å². The molecule has 8 heavy (non-hydrogen) atoms. The van der Waals surface area contributed by atoms with Gasteiger partial charge in [0, 0.05) is 5.88 Å². The van der Waals surface area contributed by atoms with Crippen LogP contribution in [0.3, 0.4) is 0 Å². The van der Waals surface area contributed by atoms with Gasteiger partial charge in [-0.2, -0.15) is 5.26 Å². The molecule has 0 atom stereocenters. The van der Waals surface area contributed by atoms with E-state index in [2.05, 4.69) is 0 Å². The minimum absolute atomic E-state index is 0.509. The first kappa shape index (κ1) is 7.87. The molecule has 0 heterocycles. The first-order valence-electron chi connectivity index (χ1n) is 2.07. The number of nitrogens with zero attached hydrogens (tertiary/aromatic N) is 1. The maximum Gasteiger partial charge on any atom is 0.137 e. The van der Waals surface area contributed by atoms with E-state index in [-0.39, 0.29) is 0 Å². The molecule has 0 aliphatic rings. The highest BCUT2D eigenvalue weighted by atomic mass is 35.5. The van der Waals surface area contributed by atoms with Crippen LogP contribution in [0.4, 0.5) is 0 Å². The van der Waals surface area contributed by atoms with Crippen LogP contribution in [-0.2, 0) is 0 Å². The standard InChI is InChI=1S/C5H6ClNS/c1-5(2-6)3-8-4-7/h3H,2H2,1H3/b5-3+. The molecule has 0 aromatic heterocycles. The molecule has 0 saturated heterocycles. The van der Waals surface area contributed by atoms with Crippen LogP contribution in [-0.4, -0.2) is 5.88 Å². The minimum atomic E-state index is 0.509. The van der Waals surface area contributed by atoms with E-state index in [0.29, 0.717) is 5.88 Å². The highest BCUT2D eigenvalue weighted by Crippen LogP contribution is 2.04. The molecule has 0 radical (unpaired) electrons. The lowest BCUT2D eigenvalue weighted by Crippen LogP contribution is -1.70. The van der Waals surface area contributed by atoms with Gasteiger partial charge in [-0.3, -0.25) is 0 Å². The molecule has 0 saturated carbocycles. The largest absolute Gasteiger partial charge is 0.185 e. The van der Waals surface area contributed by atoms with Gasteiger partial charge in [-0.1, -0.05) is 5.57 Å². The maximum atomic E-state index is 8.04. The van der Waals surface area contributed by atoms with Crippen LogP contribution in [0.25, 0.3) is 0 Å². The monoisotopic (exact) mass is 147 g/mol. The summed E-state index contributed by atoms with van der Waals surface area (Å²) in [4.78, 5) is 0. The van der Waals surface area contributed by atoms with Crippen molar-refractivity contribution in [1.29, 1.82) is 5.26 Å². The number of rotatable bonds is 2. The van der Waals surface area contributed by atoms with Crippen molar-refractivity contribution in [3.63, 3.8) is 0 Å². The Labute approximate surface area is 58.3 Å². The van der Waals surface area contributed by atoms with E-state index in [0.717, 1.165) is 17.3 Å². The van der Waals surface area contributed by atoms with Crippen molar-refractivity contribution >= 4 is 23.4 Å². The number of nitriles is 1. The highest BCUT2D eigenvalue weighted by Gasteiger charge is 1.81. The van der Waals surface area contributed by atoms with Crippen LogP contribution < -0.4 is 0 Å². The second-order valence-corrected chi connectivity index (χ2v) is 2.23. The van der Waals surface area contributed by atoms with Gasteiger partial charge in [0.25, 0.3) is 0 Å². The smallest absolute Gasteiger partial charge is 0.137 e. The van der Waals surface area contributed by atoms with Gasteiger partial charge in [-0.05, 0) is 24.1 Å². The summed E-state index contributed by atoms with van der Waals surface area (Å²) < 4.78 is 0. The molecule has 0 spiro atoms. The number of allylic oxidation sites excluding steroid dienone is 1. The van der Waals surface area contributed by atoms with Crippen LogP contribution in [0.15, 0.2) is 11.0 Å². The third kappa shape index (κ3) is 4.04. The second kappa shape index (κ2) is 5.02. The van der Waals surface area contributed by atoms with Crippen molar-refractivity contribution in [2.24, 2.45) is 0 Å². The molecule has 0 bridgehead atoms. The lowest BCUT2D eigenvalue weighted by Gasteiger charge is -1.85. The predicted molar refractivity (Wildman–Crippen MR) is 37.7 cm³/mol. The first-order valence-corrected chi connectivity index (χ1v) is 3.49. The van der Waals surface area contributed by atoms with Gasteiger partial charge >= 0.3 is 0 Å². The fourth-order valence-corrected chi connectivity index (χ4v) is 0.664.